The molecular weight excluding hydrogens is 292 g/mol. The first kappa shape index (κ1) is 13.3. The molecule has 0 bridgehead atoms. The summed E-state index contributed by atoms with van der Waals surface area (Å²) in [6.07, 6.45) is 0.882. The maximum absolute atomic E-state index is 9.39. The number of phenols is 1. The molecule has 1 N–H and O–H groups in total. The average Bonchev–Trinajstić information content (AvgIpc) is 2.55. The summed E-state index contributed by atoms with van der Waals surface area (Å²) in [5, 5.41) is 9.39. The summed E-state index contributed by atoms with van der Waals surface area (Å²) >= 11 is 1.69. The van der Waals surface area contributed by atoms with Crippen LogP contribution in [0.2, 0.25) is 0 Å². The van der Waals surface area contributed by atoms with E-state index in [1.54, 1.807) is 23.9 Å². The lowest BCUT2D eigenvalue weighted by Gasteiger charge is -2.22. The maximum Gasteiger partial charge on any atom is 0.132 e. The van der Waals surface area contributed by atoms with E-state index < -0.39 is 0 Å². The zero-order valence-electron chi connectivity index (χ0n) is 11.8. The Morgan fingerprint density at radius 2 is 1.59 bits per heavy atom. The Labute approximate surface area is 133 Å². The summed E-state index contributed by atoms with van der Waals surface area (Å²) in [6, 6.07) is 21.6. The Hall–Kier alpha value is -2.39. The van der Waals surface area contributed by atoms with Crippen LogP contribution in [0.3, 0.4) is 0 Å². The summed E-state index contributed by atoms with van der Waals surface area (Å²) in [4.78, 5) is 2.29. The Balaban J connectivity index is 1.70. The molecule has 0 amide bonds. The van der Waals surface area contributed by atoms with Crippen molar-refractivity contribution in [1.82, 2.24) is 0 Å². The van der Waals surface area contributed by atoms with E-state index in [4.69, 9.17) is 4.74 Å². The molecule has 3 aromatic carbocycles. The van der Waals surface area contributed by atoms with Gasteiger partial charge in [-0.25, -0.2) is 0 Å². The van der Waals surface area contributed by atoms with E-state index in [9.17, 15) is 5.11 Å². The van der Waals surface area contributed by atoms with Crippen LogP contribution in [0.4, 0.5) is 0 Å². The average molecular weight is 306 g/mol. The van der Waals surface area contributed by atoms with Crippen molar-refractivity contribution < 1.29 is 9.84 Å². The highest BCUT2D eigenvalue weighted by Crippen LogP contribution is 2.42. The molecule has 2 nitrogen and oxygen atoms in total. The van der Waals surface area contributed by atoms with Gasteiger partial charge in [-0.15, -0.1) is 0 Å². The second kappa shape index (κ2) is 5.43. The number of rotatable bonds is 2. The lowest BCUT2D eigenvalue weighted by atomic mass is 10.0. The van der Waals surface area contributed by atoms with Crippen LogP contribution in [0.25, 0.3) is 0 Å². The maximum atomic E-state index is 9.39. The molecule has 1 aliphatic heterocycles. The number of benzene rings is 3. The van der Waals surface area contributed by atoms with Crippen molar-refractivity contribution in [3.63, 3.8) is 0 Å². The fourth-order valence-electron chi connectivity index (χ4n) is 2.61. The quantitative estimate of drug-likeness (QED) is 0.549. The third kappa shape index (κ3) is 2.44. The SMILES string of the molecule is Oc1ccc(Sc2cccc3c2Cc2ccccc2O3)cc1. The number of para-hydroxylation sites is 1. The summed E-state index contributed by atoms with van der Waals surface area (Å²) in [7, 11) is 0. The highest BCUT2D eigenvalue weighted by molar-refractivity contribution is 7.99. The number of aromatic hydroxyl groups is 1. The van der Waals surface area contributed by atoms with Crippen molar-refractivity contribution in [3.05, 3.63) is 77.9 Å². The molecule has 0 aromatic heterocycles. The molecule has 4 rings (SSSR count). The molecule has 1 aliphatic rings. The van der Waals surface area contributed by atoms with Gasteiger partial charge in [0.2, 0.25) is 0 Å². The fraction of sp³-hybridized carbons (Fsp3) is 0.0526. The van der Waals surface area contributed by atoms with Crippen LogP contribution in [0.1, 0.15) is 11.1 Å². The Bertz CT molecular complexity index is 825. The van der Waals surface area contributed by atoms with Crippen LogP contribution < -0.4 is 4.74 Å². The third-order valence-corrected chi connectivity index (χ3v) is 4.82. The Kier molecular flexibility index (Phi) is 3.28. The molecule has 22 heavy (non-hydrogen) atoms. The molecule has 3 aromatic rings. The van der Waals surface area contributed by atoms with Gasteiger partial charge in [-0.1, -0.05) is 36.0 Å². The van der Waals surface area contributed by atoms with Gasteiger partial charge in [-0.3, -0.25) is 0 Å². The molecule has 0 spiro atoms. The minimum atomic E-state index is 0.289. The van der Waals surface area contributed by atoms with E-state index in [-0.39, 0.29) is 5.75 Å². The monoisotopic (exact) mass is 306 g/mol. The van der Waals surface area contributed by atoms with Gasteiger partial charge >= 0.3 is 0 Å². The van der Waals surface area contributed by atoms with E-state index in [0.29, 0.717) is 0 Å². The molecule has 1 heterocycles. The number of fused-ring (bicyclic) bond motifs is 2. The van der Waals surface area contributed by atoms with E-state index in [1.807, 2.05) is 42.5 Å². The van der Waals surface area contributed by atoms with Gasteiger partial charge in [0.1, 0.15) is 17.2 Å². The molecule has 0 saturated heterocycles. The second-order valence-corrected chi connectivity index (χ2v) is 6.33. The zero-order chi connectivity index (χ0) is 14.9. The first-order valence-electron chi connectivity index (χ1n) is 7.14. The van der Waals surface area contributed by atoms with Gasteiger partial charge in [-0.05, 0) is 48.0 Å². The second-order valence-electron chi connectivity index (χ2n) is 5.22. The van der Waals surface area contributed by atoms with E-state index in [0.717, 1.165) is 22.8 Å². The molecular formula is C19H14O2S. The van der Waals surface area contributed by atoms with Gasteiger partial charge in [0.15, 0.2) is 0 Å². The van der Waals surface area contributed by atoms with Crippen molar-refractivity contribution >= 4 is 11.8 Å². The van der Waals surface area contributed by atoms with Gasteiger partial charge in [0, 0.05) is 21.8 Å². The predicted octanol–water partition coefficient (Wildman–Crippen LogP) is 5.24. The highest BCUT2D eigenvalue weighted by Gasteiger charge is 2.19. The number of hydrogen-bond acceptors (Lipinski definition) is 3. The number of ether oxygens (including phenoxy) is 1. The van der Waals surface area contributed by atoms with Crippen molar-refractivity contribution in [2.75, 3.05) is 0 Å². The van der Waals surface area contributed by atoms with Gasteiger partial charge < -0.3 is 9.84 Å². The third-order valence-electron chi connectivity index (χ3n) is 3.71. The lowest BCUT2D eigenvalue weighted by molar-refractivity contribution is 0.457. The standard InChI is InChI=1S/C19H14O2S/c20-14-8-10-15(11-9-14)22-19-7-3-6-18-16(19)12-13-4-1-2-5-17(13)21-18/h1-11,20H,12H2. The number of hydrogen-bond donors (Lipinski definition) is 1. The van der Waals surface area contributed by atoms with Crippen molar-refractivity contribution in [3.8, 4) is 17.2 Å². The first-order chi connectivity index (χ1) is 10.8. The fourth-order valence-corrected chi connectivity index (χ4v) is 3.58. The van der Waals surface area contributed by atoms with Crippen molar-refractivity contribution in [2.45, 2.75) is 16.2 Å². The van der Waals surface area contributed by atoms with Crippen molar-refractivity contribution in [2.24, 2.45) is 0 Å². The highest BCUT2D eigenvalue weighted by atomic mass is 32.2. The van der Waals surface area contributed by atoms with Gasteiger partial charge in [-0.2, -0.15) is 0 Å². The van der Waals surface area contributed by atoms with Crippen LogP contribution in [0.5, 0.6) is 17.2 Å². The normalized spacial score (nSPS) is 12.2. The molecule has 3 heteroatoms. The van der Waals surface area contributed by atoms with Gasteiger partial charge in [0.05, 0.1) is 0 Å². The van der Waals surface area contributed by atoms with E-state index in [1.165, 1.54) is 16.0 Å². The lowest BCUT2D eigenvalue weighted by Crippen LogP contribution is -2.03. The van der Waals surface area contributed by atoms with Crippen LogP contribution in [-0.2, 0) is 6.42 Å². The van der Waals surface area contributed by atoms with Gasteiger partial charge in [0.25, 0.3) is 0 Å². The Morgan fingerprint density at radius 1 is 0.818 bits per heavy atom. The summed E-state index contributed by atoms with van der Waals surface area (Å²) < 4.78 is 6.02. The van der Waals surface area contributed by atoms with Crippen LogP contribution in [0, 0.1) is 0 Å². The van der Waals surface area contributed by atoms with E-state index >= 15 is 0 Å². The number of phenolic OH excluding ortho intramolecular Hbond substituents is 1. The smallest absolute Gasteiger partial charge is 0.132 e. The zero-order valence-corrected chi connectivity index (χ0v) is 12.6. The van der Waals surface area contributed by atoms with Crippen LogP contribution >= 0.6 is 11.8 Å². The molecule has 0 unspecified atom stereocenters. The molecule has 0 aliphatic carbocycles. The molecule has 0 fully saturated rings. The van der Waals surface area contributed by atoms with Crippen LogP contribution in [0.15, 0.2) is 76.5 Å². The van der Waals surface area contributed by atoms with Crippen molar-refractivity contribution in [1.29, 1.82) is 0 Å². The minimum Gasteiger partial charge on any atom is -0.508 e. The van der Waals surface area contributed by atoms with E-state index in [2.05, 4.69) is 12.1 Å². The summed E-state index contributed by atoms with van der Waals surface area (Å²) in [5.41, 5.74) is 2.44. The topological polar surface area (TPSA) is 29.5 Å². The Morgan fingerprint density at radius 3 is 2.45 bits per heavy atom. The largest absolute Gasteiger partial charge is 0.508 e. The van der Waals surface area contributed by atoms with Crippen LogP contribution in [-0.4, -0.2) is 5.11 Å². The summed E-state index contributed by atoms with van der Waals surface area (Å²) in [5.74, 6) is 2.17. The summed E-state index contributed by atoms with van der Waals surface area (Å²) in [6.45, 7) is 0. The first-order valence-corrected chi connectivity index (χ1v) is 7.96. The molecule has 0 atom stereocenters. The predicted molar refractivity (Wildman–Crippen MR) is 88.0 cm³/mol. The molecule has 108 valence electrons. The molecule has 0 saturated carbocycles. The minimum absolute atomic E-state index is 0.289. The molecule has 0 radical (unpaired) electrons.